The molecule has 0 atom stereocenters. The van der Waals surface area contributed by atoms with Gasteiger partial charge < -0.3 is 0 Å². The largest absolute Gasteiger partial charge is 0.243 e. The first-order valence-electron chi connectivity index (χ1n) is 8.28. The molecule has 0 radical (unpaired) electrons. The van der Waals surface area contributed by atoms with Crippen LogP contribution in [0, 0.1) is 6.92 Å². The minimum absolute atomic E-state index is 0.364. The third-order valence-electron chi connectivity index (χ3n) is 3.89. The summed E-state index contributed by atoms with van der Waals surface area (Å²) in [7, 11) is -3.45. The fraction of sp³-hybridized carbons (Fsp3) is 0.474. The first-order valence-corrected chi connectivity index (χ1v) is 9.73. The molecule has 0 unspecified atom stereocenters. The van der Waals surface area contributed by atoms with Gasteiger partial charge in [0.05, 0.1) is 4.90 Å². The topological polar surface area (TPSA) is 37.4 Å². The van der Waals surface area contributed by atoms with Gasteiger partial charge in [-0.25, -0.2) is 8.42 Å². The van der Waals surface area contributed by atoms with Crippen LogP contribution in [-0.4, -0.2) is 25.8 Å². The summed E-state index contributed by atoms with van der Waals surface area (Å²) < 4.78 is 27.3. The predicted molar refractivity (Wildman–Crippen MR) is 98.0 cm³/mol. The second-order valence-corrected chi connectivity index (χ2v) is 7.83. The first-order chi connectivity index (χ1) is 10.9. The second kappa shape index (κ2) is 9.68. The number of hydrogen-bond acceptors (Lipinski definition) is 2. The number of benzene rings is 1. The van der Waals surface area contributed by atoms with Crippen LogP contribution in [0.5, 0.6) is 0 Å². The van der Waals surface area contributed by atoms with Gasteiger partial charge in [0, 0.05) is 13.1 Å². The highest BCUT2D eigenvalue weighted by molar-refractivity contribution is 7.89. The fourth-order valence-electron chi connectivity index (χ4n) is 2.30. The van der Waals surface area contributed by atoms with Crippen molar-refractivity contribution in [3.8, 4) is 0 Å². The van der Waals surface area contributed by atoms with Crippen molar-refractivity contribution in [2.45, 2.75) is 50.8 Å². The molecule has 4 heteroatoms. The van der Waals surface area contributed by atoms with Gasteiger partial charge in [-0.3, -0.25) is 0 Å². The maximum Gasteiger partial charge on any atom is 0.243 e. The first kappa shape index (κ1) is 19.7. The minimum atomic E-state index is -3.45. The number of nitrogens with zero attached hydrogens (tertiary/aromatic N) is 1. The molecular formula is C19H29NO2S. The van der Waals surface area contributed by atoms with E-state index in [1.54, 1.807) is 22.5 Å². The summed E-state index contributed by atoms with van der Waals surface area (Å²) in [6, 6.07) is 7.05. The molecule has 1 rings (SSSR count). The Morgan fingerprint density at radius 1 is 1.13 bits per heavy atom. The molecule has 0 fully saturated rings. The van der Waals surface area contributed by atoms with Gasteiger partial charge >= 0.3 is 0 Å². The van der Waals surface area contributed by atoms with Crippen LogP contribution < -0.4 is 0 Å². The summed E-state index contributed by atoms with van der Waals surface area (Å²) >= 11 is 0. The van der Waals surface area contributed by atoms with Crippen LogP contribution in [-0.2, 0) is 10.0 Å². The second-order valence-electron chi connectivity index (χ2n) is 5.89. The Morgan fingerprint density at radius 3 is 2.35 bits per heavy atom. The van der Waals surface area contributed by atoms with Gasteiger partial charge in [-0.05, 0) is 31.9 Å². The van der Waals surface area contributed by atoms with Gasteiger partial charge in [-0.15, -0.1) is 0 Å². The van der Waals surface area contributed by atoms with E-state index in [4.69, 9.17) is 0 Å². The molecule has 0 saturated carbocycles. The van der Waals surface area contributed by atoms with Gasteiger partial charge in [0.15, 0.2) is 0 Å². The maximum absolute atomic E-state index is 12.9. The zero-order valence-corrected chi connectivity index (χ0v) is 15.2. The Bertz CT molecular complexity index is 603. The Kier molecular flexibility index (Phi) is 8.28. The molecule has 0 N–H and O–H groups in total. The molecule has 0 bridgehead atoms. The average molecular weight is 336 g/mol. The van der Waals surface area contributed by atoms with Crippen LogP contribution in [0.1, 0.15) is 44.6 Å². The fourth-order valence-corrected chi connectivity index (χ4v) is 3.78. The standard InChI is InChI=1S/C19H29NO2S/c1-5-7-8-9-15-20(16-14-17(3)6-2)23(21,22)19-12-10-18(4)11-13-19/h6,10-13H,2-3,5,7-9,14-16H2,1,4H3. The molecule has 0 saturated heterocycles. The zero-order chi connectivity index (χ0) is 17.3. The molecule has 0 aliphatic heterocycles. The van der Waals surface area contributed by atoms with Crippen molar-refractivity contribution in [3.05, 3.63) is 54.6 Å². The van der Waals surface area contributed by atoms with Crippen molar-refractivity contribution in [3.63, 3.8) is 0 Å². The van der Waals surface area contributed by atoms with Gasteiger partial charge in [-0.1, -0.05) is 68.7 Å². The molecular weight excluding hydrogens is 306 g/mol. The Morgan fingerprint density at radius 2 is 1.78 bits per heavy atom. The summed E-state index contributed by atoms with van der Waals surface area (Å²) in [6.45, 7) is 12.7. The molecule has 0 aromatic heterocycles. The lowest BCUT2D eigenvalue weighted by Gasteiger charge is -2.22. The summed E-state index contributed by atoms with van der Waals surface area (Å²) in [4.78, 5) is 0.364. The van der Waals surface area contributed by atoms with Crippen LogP contribution >= 0.6 is 0 Å². The molecule has 1 aromatic carbocycles. The molecule has 0 aliphatic carbocycles. The van der Waals surface area contributed by atoms with Crippen molar-refractivity contribution >= 4 is 10.0 Å². The molecule has 23 heavy (non-hydrogen) atoms. The molecule has 3 nitrogen and oxygen atoms in total. The average Bonchev–Trinajstić information content (AvgIpc) is 2.54. The van der Waals surface area contributed by atoms with Crippen molar-refractivity contribution in [1.29, 1.82) is 0 Å². The third-order valence-corrected chi connectivity index (χ3v) is 5.80. The van der Waals surface area contributed by atoms with E-state index in [1.807, 2.05) is 19.1 Å². The van der Waals surface area contributed by atoms with Crippen molar-refractivity contribution in [2.24, 2.45) is 0 Å². The molecule has 0 spiro atoms. The van der Waals surface area contributed by atoms with Gasteiger partial charge in [0.25, 0.3) is 0 Å². The maximum atomic E-state index is 12.9. The van der Waals surface area contributed by atoms with E-state index in [2.05, 4.69) is 20.1 Å². The normalized spacial score (nSPS) is 11.6. The monoisotopic (exact) mass is 335 g/mol. The SMILES string of the molecule is C=CC(=C)CCN(CCCCCC)S(=O)(=O)c1ccc(C)cc1. The highest BCUT2D eigenvalue weighted by Crippen LogP contribution is 2.19. The Balaban J connectivity index is 2.88. The van der Waals surface area contributed by atoms with E-state index < -0.39 is 10.0 Å². The number of unbranched alkanes of at least 4 members (excludes halogenated alkanes) is 3. The number of rotatable bonds is 11. The lowest BCUT2D eigenvalue weighted by Crippen LogP contribution is -2.33. The van der Waals surface area contributed by atoms with E-state index in [1.165, 1.54) is 0 Å². The number of aryl methyl sites for hydroxylation is 1. The van der Waals surface area contributed by atoms with Gasteiger partial charge in [0.2, 0.25) is 10.0 Å². The minimum Gasteiger partial charge on any atom is -0.207 e. The summed E-state index contributed by atoms with van der Waals surface area (Å²) in [5.41, 5.74) is 1.92. The van der Waals surface area contributed by atoms with Crippen molar-refractivity contribution in [2.75, 3.05) is 13.1 Å². The third kappa shape index (κ3) is 6.32. The van der Waals surface area contributed by atoms with Crippen molar-refractivity contribution < 1.29 is 8.42 Å². The highest BCUT2D eigenvalue weighted by atomic mass is 32.2. The van der Waals surface area contributed by atoms with Gasteiger partial charge in [0.1, 0.15) is 0 Å². The van der Waals surface area contributed by atoms with Crippen LogP contribution in [0.4, 0.5) is 0 Å². The number of allylic oxidation sites excluding steroid dienone is 1. The highest BCUT2D eigenvalue weighted by Gasteiger charge is 2.23. The van der Waals surface area contributed by atoms with Crippen LogP contribution in [0.15, 0.2) is 54.0 Å². The lowest BCUT2D eigenvalue weighted by molar-refractivity contribution is 0.401. The van der Waals surface area contributed by atoms with Crippen LogP contribution in [0.3, 0.4) is 0 Å². The smallest absolute Gasteiger partial charge is 0.207 e. The molecule has 0 heterocycles. The predicted octanol–water partition coefficient (Wildman–Crippen LogP) is 4.70. The van der Waals surface area contributed by atoms with Crippen LogP contribution in [0.25, 0.3) is 0 Å². The van der Waals surface area contributed by atoms with E-state index in [9.17, 15) is 8.42 Å². The van der Waals surface area contributed by atoms with E-state index in [-0.39, 0.29) is 0 Å². The van der Waals surface area contributed by atoms with Gasteiger partial charge in [-0.2, -0.15) is 4.31 Å². The van der Waals surface area contributed by atoms with Crippen molar-refractivity contribution in [1.82, 2.24) is 4.31 Å². The summed E-state index contributed by atoms with van der Waals surface area (Å²) in [6.07, 6.45) is 6.52. The number of sulfonamides is 1. The molecule has 0 aliphatic rings. The van der Waals surface area contributed by atoms with E-state index >= 15 is 0 Å². The quantitative estimate of drug-likeness (QED) is 0.434. The zero-order valence-electron chi connectivity index (χ0n) is 14.4. The lowest BCUT2D eigenvalue weighted by atomic mass is 10.2. The molecule has 128 valence electrons. The Hall–Kier alpha value is -1.39. The Labute approximate surface area is 141 Å². The summed E-state index contributed by atoms with van der Waals surface area (Å²) in [5, 5.41) is 0. The van der Waals surface area contributed by atoms with E-state index in [0.29, 0.717) is 24.4 Å². The molecule has 0 amide bonds. The van der Waals surface area contributed by atoms with Crippen LogP contribution in [0.2, 0.25) is 0 Å². The summed E-state index contributed by atoms with van der Waals surface area (Å²) in [5.74, 6) is 0. The molecule has 1 aromatic rings. The number of hydrogen-bond donors (Lipinski definition) is 0. The van der Waals surface area contributed by atoms with E-state index in [0.717, 1.165) is 36.8 Å².